The van der Waals surface area contributed by atoms with Crippen LogP contribution in [0.15, 0.2) is 0 Å². The van der Waals surface area contributed by atoms with Gasteiger partial charge in [-0.05, 0) is 30.1 Å². The summed E-state index contributed by atoms with van der Waals surface area (Å²) >= 11 is 0. The third kappa shape index (κ3) is 0.947. The highest BCUT2D eigenvalue weighted by Crippen LogP contribution is 2.58. The van der Waals surface area contributed by atoms with Gasteiger partial charge in [-0.3, -0.25) is 0 Å². The lowest BCUT2D eigenvalue weighted by molar-refractivity contribution is 0.210. The zero-order valence-corrected chi connectivity index (χ0v) is 7.26. The van der Waals surface area contributed by atoms with E-state index in [0.29, 0.717) is 0 Å². The molecule has 0 spiro atoms. The lowest BCUT2D eigenvalue weighted by Gasteiger charge is -2.30. The Balaban J connectivity index is 1.52. The normalized spacial score (nSPS) is 44.7. The third-order valence-electron chi connectivity index (χ3n) is 4.40. The minimum Gasteiger partial charge on any atom is -0.0528 e. The Kier molecular flexibility index (Phi) is 1.33. The molecule has 0 aromatic carbocycles. The minimum absolute atomic E-state index is 1.19. The molecule has 3 aliphatic carbocycles. The van der Waals surface area contributed by atoms with Crippen molar-refractivity contribution in [3.63, 3.8) is 0 Å². The van der Waals surface area contributed by atoms with E-state index in [0.717, 1.165) is 0 Å². The van der Waals surface area contributed by atoms with E-state index in [1.165, 1.54) is 23.7 Å². The van der Waals surface area contributed by atoms with Crippen molar-refractivity contribution in [1.29, 1.82) is 0 Å². The topological polar surface area (TPSA) is 0 Å². The summed E-state index contributed by atoms with van der Waals surface area (Å²) in [6.45, 7) is 0. The van der Waals surface area contributed by atoms with Gasteiger partial charge in [-0.15, -0.1) is 0 Å². The molecule has 0 heteroatoms. The predicted octanol–water partition coefficient (Wildman–Crippen LogP) is 3.22. The molecular formula is C11H18. The zero-order chi connectivity index (χ0) is 7.26. The first-order chi connectivity index (χ1) is 5.45. The van der Waals surface area contributed by atoms with Crippen LogP contribution in [0.2, 0.25) is 0 Å². The van der Waals surface area contributed by atoms with Crippen molar-refractivity contribution in [2.24, 2.45) is 23.7 Å². The predicted molar refractivity (Wildman–Crippen MR) is 46.3 cm³/mol. The lowest BCUT2D eigenvalue weighted by atomic mass is 9.76. The highest BCUT2D eigenvalue weighted by atomic mass is 14.5. The van der Waals surface area contributed by atoms with Gasteiger partial charge in [0.25, 0.3) is 0 Å². The fourth-order valence-electron chi connectivity index (χ4n) is 3.06. The standard InChI is InChI=1S/C11H18/c1-3-8(4-1)10-7-11(10)9-5-2-6-9/h8-11H,1-7H2. The molecule has 0 radical (unpaired) electrons. The lowest BCUT2D eigenvalue weighted by Crippen LogP contribution is -2.19. The molecule has 2 unspecified atom stereocenters. The number of hydrogen-bond acceptors (Lipinski definition) is 0. The van der Waals surface area contributed by atoms with E-state index in [1.54, 1.807) is 44.9 Å². The fraction of sp³-hybridized carbons (Fsp3) is 1.00. The number of rotatable bonds is 2. The summed E-state index contributed by atoms with van der Waals surface area (Å²) in [5.41, 5.74) is 0. The van der Waals surface area contributed by atoms with Crippen LogP contribution in [0, 0.1) is 23.7 Å². The molecule has 0 amide bonds. The van der Waals surface area contributed by atoms with Gasteiger partial charge in [0.2, 0.25) is 0 Å². The van der Waals surface area contributed by atoms with Crippen molar-refractivity contribution in [3.8, 4) is 0 Å². The second-order valence-electron chi connectivity index (χ2n) is 4.95. The molecule has 0 heterocycles. The van der Waals surface area contributed by atoms with E-state index in [1.807, 2.05) is 0 Å². The Morgan fingerprint density at radius 3 is 1.36 bits per heavy atom. The van der Waals surface area contributed by atoms with Gasteiger partial charge in [-0.25, -0.2) is 0 Å². The van der Waals surface area contributed by atoms with Crippen LogP contribution in [-0.4, -0.2) is 0 Å². The maximum Gasteiger partial charge on any atom is -0.0352 e. The summed E-state index contributed by atoms with van der Waals surface area (Å²) in [6, 6.07) is 0. The van der Waals surface area contributed by atoms with Crippen molar-refractivity contribution in [1.82, 2.24) is 0 Å². The number of hydrogen-bond donors (Lipinski definition) is 0. The SMILES string of the molecule is C1CC(C2CC2C2CCC2)C1. The van der Waals surface area contributed by atoms with Gasteiger partial charge in [-0.2, -0.15) is 0 Å². The van der Waals surface area contributed by atoms with Crippen LogP contribution in [0.1, 0.15) is 44.9 Å². The van der Waals surface area contributed by atoms with Crippen LogP contribution in [0.25, 0.3) is 0 Å². The smallest absolute Gasteiger partial charge is 0.0352 e. The molecule has 2 atom stereocenters. The monoisotopic (exact) mass is 150 g/mol. The maximum atomic E-state index is 1.62. The highest BCUT2D eigenvalue weighted by molar-refractivity contribution is 4.99. The van der Waals surface area contributed by atoms with Crippen molar-refractivity contribution < 1.29 is 0 Å². The summed E-state index contributed by atoms with van der Waals surface area (Å²) in [7, 11) is 0. The molecule has 3 aliphatic rings. The average molecular weight is 150 g/mol. The quantitative estimate of drug-likeness (QED) is 0.567. The van der Waals surface area contributed by atoms with E-state index < -0.39 is 0 Å². The molecule has 0 N–H and O–H groups in total. The highest BCUT2D eigenvalue weighted by Gasteiger charge is 2.49. The van der Waals surface area contributed by atoms with Crippen LogP contribution in [0.3, 0.4) is 0 Å². The average Bonchev–Trinajstić information content (AvgIpc) is 2.37. The fourth-order valence-corrected chi connectivity index (χ4v) is 3.06. The van der Waals surface area contributed by atoms with E-state index in [-0.39, 0.29) is 0 Å². The van der Waals surface area contributed by atoms with Crippen LogP contribution >= 0.6 is 0 Å². The molecule has 3 saturated carbocycles. The molecule has 0 aromatic rings. The van der Waals surface area contributed by atoms with E-state index >= 15 is 0 Å². The van der Waals surface area contributed by atoms with Crippen molar-refractivity contribution in [3.05, 3.63) is 0 Å². The van der Waals surface area contributed by atoms with Crippen LogP contribution in [0.4, 0.5) is 0 Å². The molecular weight excluding hydrogens is 132 g/mol. The van der Waals surface area contributed by atoms with Crippen molar-refractivity contribution >= 4 is 0 Å². The molecule has 0 bridgehead atoms. The van der Waals surface area contributed by atoms with Gasteiger partial charge in [0.15, 0.2) is 0 Å². The van der Waals surface area contributed by atoms with Gasteiger partial charge in [-0.1, -0.05) is 38.5 Å². The largest absolute Gasteiger partial charge is 0.0528 e. The summed E-state index contributed by atoms with van der Waals surface area (Å²) in [4.78, 5) is 0. The summed E-state index contributed by atoms with van der Waals surface area (Å²) in [5.74, 6) is 4.82. The van der Waals surface area contributed by atoms with Gasteiger partial charge in [0.1, 0.15) is 0 Å². The first kappa shape index (κ1) is 6.51. The van der Waals surface area contributed by atoms with Crippen molar-refractivity contribution in [2.45, 2.75) is 44.9 Å². The van der Waals surface area contributed by atoms with Gasteiger partial charge in [0, 0.05) is 0 Å². The van der Waals surface area contributed by atoms with Crippen LogP contribution in [-0.2, 0) is 0 Å². The second-order valence-corrected chi connectivity index (χ2v) is 4.95. The molecule has 0 aromatic heterocycles. The van der Waals surface area contributed by atoms with Crippen LogP contribution < -0.4 is 0 Å². The van der Waals surface area contributed by atoms with Crippen LogP contribution in [0.5, 0.6) is 0 Å². The van der Waals surface area contributed by atoms with E-state index in [4.69, 9.17) is 0 Å². The third-order valence-corrected chi connectivity index (χ3v) is 4.40. The summed E-state index contributed by atoms with van der Waals surface area (Å²) < 4.78 is 0. The molecule has 11 heavy (non-hydrogen) atoms. The molecule has 3 rings (SSSR count). The van der Waals surface area contributed by atoms with Gasteiger partial charge < -0.3 is 0 Å². The molecule has 0 aliphatic heterocycles. The maximum absolute atomic E-state index is 1.62. The zero-order valence-electron chi connectivity index (χ0n) is 7.26. The summed E-state index contributed by atoms with van der Waals surface area (Å²) in [5, 5.41) is 0. The van der Waals surface area contributed by atoms with E-state index in [9.17, 15) is 0 Å². The van der Waals surface area contributed by atoms with Gasteiger partial charge in [0.05, 0.1) is 0 Å². The molecule has 0 saturated heterocycles. The summed E-state index contributed by atoms with van der Waals surface area (Å²) in [6.07, 6.45) is 11.0. The Bertz CT molecular complexity index is 135. The Morgan fingerprint density at radius 1 is 0.636 bits per heavy atom. The second kappa shape index (κ2) is 2.24. The molecule has 62 valence electrons. The molecule has 3 fully saturated rings. The first-order valence-corrected chi connectivity index (χ1v) is 5.45. The Morgan fingerprint density at radius 2 is 1.09 bits per heavy atom. The Hall–Kier alpha value is 0. The van der Waals surface area contributed by atoms with Gasteiger partial charge >= 0.3 is 0 Å². The minimum atomic E-state index is 1.19. The molecule has 0 nitrogen and oxygen atoms in total. The van der Waals surface area contributed by atoms with Crippen molar-refractivity contribution in [2.75, 3.05) is 0 Å². The van der Waals surface area contributed by atoms with E-state index in [2.05, 4.69) is 0 Å². The Labute approximate surface area is 69.4 Å². The first-order valence-electron chi connectivity index (χ1n) is 5.45.